The Kier molecular flexibility index (Phi) is 16.7. The van der Waals surface area contributed by atoms with E-state index >= 15 is 0 Å². The number of nitrogens with two attached hydrogens (primary N) is 1. The van der Waals surface area contributed by atoms with Gasteiger partial charge in [0, 0.05) is 79.7 Å². The Labute approximate surface area is 142 Å². The molecule has 23 heavy (non-hydrogen) atoms. The fraction of sp³-hybridized carbons (Fsp3) is 1.00. The third-order valence-corrected chi connectivity index (χ3v) is 6.36. The van der Waals surface area contributed by atoms with Crippen LogP contribution in [0.15, 0.2) is 0 Å². The summed E-state index contributed by atoms with van der Waals surface area (Å²) >= 11 is 0. The third kappa shape index (κ3) is 12.9. The second-order valence-electron chi connectivity index (χ2n) is 5.19. The first-order valence-electron chi connectivity index (χ1n) is 8.43. The summed E-state index contributed by atoms with van der Waals surface area (Å²) in [5.41, 5.74) is 5.39. The van der Waals surface area contributed by atoms with E-state index in [0.29, 0.717) is 6.54 Å². The summed E-state index contributed by atoms with van der Waals surface area (Å²) < 4.78 is 16.2. The van der Waals surface area contributed by atoms with E-state index in [0.717, 1.165) is 64.8 Å². The van der Waals surface area contributed by atoms with Crippen molar-refractivity contribution in [3.05, 3.63) is 0 Å². The predicted molar refractivity (Wildman–Crippen MR) is 96.7 cm³/mol. The lowest BCUT2D eigenvalue weighted by Crippen LogP contribution is -2.43. The van der Waals surface area contributed by atoms with Crippen LogP contribution in [0.5, 0.6) is 0 Å². The van der Waals surface area contributed by atoms with Gasteiger partial charge in [-0.25, -0.2) is 0 Å². The van der Waals surface area contributed by atoms with E-state index in [1.165, 1.54) is 0 Å². The second-order valence-corrected chi connectivity index (χ2v) is 8.28. The number of hydrogen-bond donors (Lipinski definition) is 5. The zero-order chi connectivity index (χ0) is 17.2. The molecule has 0 saturated carbocycles. The first-order chi connectivity index (χ1) is 11.2. The van der Waals surface area contributed by atoms with Gasteiger partial charge in [0.05, 0.1) is 0 Å². The average molecular weight is 352 g/mol. The van der Waals surface area contributed by atoms with Gasteiger partial charge in [-0.3, -0.25) is 0 Å². The molecule has 0 saturated heterocycles. The molecule has 0 fully saturated rings. The summed E-state index contributed by atoms with van der Waals surface area (Å²) in [7, 11) is 2.56. The van der Waals surface area contributed by atoms with Crippen LogP contribution < -0.4 is 27.0 Å². The normalized spacial score (nSPS) is 12.0. The topological polar surface area (TPSA) is 102 Å². The molecule has 0 heterocycles. The van der Waals surface area contributed by atoms with E-state index in [1.807, 2.05) is 0 Å². The summed E-state index contributed by atoms with van der Waals surface area (Å²) in [5.74, 6) is 0. The highest BCUT2D eigenvalue weighted by Gasteiger charge is 2.36. The van der Waals surface area contributed by atoms with Crippen molar-refractivity contribution in [2.75, 3.05) is 80.2 Å². The molecule has 0 aliphatic heterocycles. The van der Waals surface area contributed by atoms with Crippen LogP contribution in [0.2, 0.25) is 6.04 Å². The molecule has 8 nitrogen and oxygen atoms in total. The van der Waals surface area contributed by atoms with Gasteiger partial charge in [0.15, 0.2) is 0 Å². The second kappa shape index (κ2) is 16.7. The van der Waals surface area contributed by atoms with E-state index in [1.54, 1.807) is 21.3 Å². The molecule has 0 aromatic rings. The monoisotopic (exact) mass is 351 g/mol. The standard InChI is InChI=1S/C14H37N5O3Si/c1-20-23(21-2,22-3)14-4-6-16-8-10-18-12-13-19-11-9-17-7-5-15/h16-19H,4-15H2,1-3H3. The fourth-order valence-corrected chi connectivity index (χ4v) is 3.84. The maximum atomic E-state index is 5.39. The first-order valence-corrected chi connectivity index (χ1v) is 10.4. The number of hydrogen-bond acceptors (Lipinski definition) is 8. The van der Waals surface area contributed by atoms with Crippen LogP contribution in [0.3, 0.4) is 0 Å². The molecule has 0 spiro atoms. The Morgan fingerprint density at radius 1 is 0.652 bits per heavy atom. The van der Waals surface area contributed by atoms with E-state index in [2.05, 4.69) is 21.3 Å². The quantitative estimate of drug-likeness (QED) is 0.151. The van der Waals surface area contributed by atoms with E-state index in [-0.39, 0.29) is 0 Å². The molecule has 0 atom stereocenters. The van der Waals surface area contributed by atoms with Crippen molar-refractivity contribution in [2.45, 2.75) is 12.5 Å². The lowest BCUT2D eigenvalue weighted by atomic mass is 10.4. The largest absolute Gasteiger partial charge is 0.500 e. The van der Waals surface area contributed by atoms with E-state index in [9.17, 15) is 0 Å². The van der Waals surface area contributed by atoms with Crippen molar-refractivity contribution in [1.82, 2.24) is 21.3 Å². The van der Waals surface area contributed by atoms with Crippen molar-refractivity contribution >= 4 is 8.80 Å². The Hall–Kier alpha value is -0.103. The van der Waals surface area contributed by atoms with Crippen LogP contribution >= 0.6 is 0 Å². The minimum absolute atomic E-state index is 0.695. The molecule has 0 rings (SSSR count). The molecule has 9 heteroatoms. The van der Waals surface area contributed by atoms with Gasteiger partial charge in [0.1, 0.15) is 0 Å². The number of rotatable bonds is 18. The zero-order valence-corrected chi connectivity index (χ0v) is 16.1. The van der Waals surface area contributed by atoms with Gasteiger partial charge in [-0.15, -0.1) is 0 Å². The van der Waals surface area contributed by atoms with Gasteiger partial charge in [-0.05, 0) is 13.0 Å². The van der Waals surface area contributed by atoms with E-state index in [4.69, 9.17) is 19.0 Å². The van der Waals surface area contributed by atoms with Gasteiger partial charge in [0.2, 0.25) is 0 Å². The summed E-state index contributed by atoms with van der Waals surface area (Å²) in [6.45, 7) is 8.34. The lowest BCUT2D eigenvalue weighted by Gasteiger charge is -2.24. The Balaban J connectivity index is 3.25. The van der Waals surface area contributed by atoms with Crippen molar-refractivity contribution in [2.24, 2.45) is 5.73 Å². The maximum absolute atomic E-state index is 5.39. The minimum Gasteiger partial charge on any atom is -0.377 e. The molecule has 0 amide bonds. The smallest absolute Gasteiger partial charge is 0.377 e. The molecule has 0 aliphatic carbocycles. The molecule has 0 bridgehead atoms. The van der Waals surface area contributed by atoms with Gasteiger partial charge in [-0.1, -0.05) is 0 Å². The van der Waals surface area contributed by atoms with Gasteiger partial charge in [0.25, 0.3) is 0 Å². The van der Waals surface area contributed by atoms with Crippen molar-refractivity contribution in [1.29, 1.82) is 0 Å². The van der Waals surface area contributed by atoms with Crippen LogP contribution in [-0.2, 0) is 13.3 Å². The van der Waals surface area contributed by atoms with Crippen LogP contribution in [0.4, 0.5) is 0 Å². The summed E-state index contributed by atoms with van der Waals surface area (Å²) in [4.78, 5) is 0. The summed E-state index contributed by atoms with van der Waals surface area (Å²) in [6.07, 6.45) is 0.985. The number of nitrogens with one attached hydrogen (secondary N) is 4. The highest BCUT2D eigenvalue weighted by atomic mass is 28.4. The Morgan fingerprint density at radius 2 is 1.04 bits per heavy atom. The SMILES string of the molecule is CO[Si](CCCNCCNCCNCCNCCN)(OC)OC. The molecule has 6 N–H and O–H groups in total. The summed E-state index contributed by atoms with van der Waals surface area (Å²) in [5, 5.41) is 13.4. The van der Waals surface area contributed by atoms with Crippen LogP contribution in [0.1, 0.15) is 6.42 Å². The molecule has 0 aromatic carbocycles. The maximum Gasteiger partial charge on any atom is 0.500 e. The van der Waals surface area contributed by atoms with Crippen molar-refractivity contribution < 1.29 is 13.3 Å². The molecule has 0 aliphatic rings. The molecule has 0 aromatic heterocycles. The third-order valence-electron chi connectivity index (χ3n) is 3.53. The van der Waals surface area contributed by atoms with Crippen LogP contribution in [0.25, 0.3) is 0 Å². The lowest BCUT2D eigenvalue weighted by molar-refractivity contribution is 0.123. The van der Waals surface area contributed by atoms with Crippen molar-refractivity contribution in [3.63, 3.8) is 0 Å². The minimum atomic E-state index is -2.40. The first kappa shape index (κ1) is 22.9. The molecule has 0 radical (unpaired) electrons. The zero-order valence-electron chi connectivity index (χ0n) is 15.1. The van der Waals surface area contributed by atoms with E-state index < -0.39 is 8.80 Å². The van der Waals surface area contributed by atoms with Crippen molar-refractivity contribution in [3.8, 4) is 0 Å². The molecular formula is C14H37N5O3Si. The van der Waals surface area contributed by atoms with Gasteiger partial charge < -0.3 is 40.3 Å². The van der Waals surface area contributed by atoms with Crippen LogP contribution in [-0.4, -0.2) is 89.0 Å². The van der Waals surface area contributed by atoms with Gasteiger partial charge in [-0.2, -0.15) is 0 Å². The molecule has 140 valence electrons. The molecular weight excluding hydrogens is 314 g/mol. The summed E-state index contributed by atoms with van der Waals surface area (Å²) in [6, 6.07) is 0.832. The Bertz CT molecular complexity index is 240. The predicted octanol–water partition coefficient (Wildman–Crippen LogP) is -1.43. The van der Waals surface area contributed by atoms with Crippen LogP contribution in [0, 0.1) is 0 Å². The van der Waals surface area contributed by atoms with Gasteiger partial charge >= 0.3 is 8.80 Å². The Morgan fingerprint density at radius 3 is 1.43 bits per heavy atom. The average Bonchev–Trinajstić information content (AvgIpc) is 2.59. The molecule has 0 unspecified atom stereocenters. The highest BCUT2D eigenvalue weighted by Crippen LogP contribution is 2.14. The fourth-order valence-electron chi connectivity index (χ4n) is 2.12. The highest BCUT2D eigenvalue weighted by molar-refractivity contribution is 6.60.